The van der Waals surface area contributed by atoms with Crippen molar-refractivity contribution >= 4 is 17.6 Å². The van der Waals surface area contributed by atoms with Crippen LogP contribution in [0.3, 0.4) is 0 Å². The normalized spacial score (nSPS) is 9.38. The summed E-state index contributed by atoms with van der Waals surface area (Å²) in [4.78, 5) is 13.9. The maximum absolute atomic E-state index is 11.2. The number of carbonyl (C=O) groups excluding carboxylic acids is 1. The molecule has 0 N–H and O–H groups in total. The summed E-state index contributed by atoms with van der Waals surface area (Å²) in [7, 11) is 1.30. The van der Waals surface area contributed by atoms with Crippen LogP contribution in [0.25, 0.3) is 10.4 Å². The Hall–Kier alpha value is -1.71. The summed E-state index contributed by atoms with van der Waals surface area (Å²) in [5.74, 6) is -0.466. The van der Waals surface area contributed by atoms with Gasteiger partial charge < -0.3 is 4.74 Å². The Morgan fingerprint density at radius 3 is 2.94 bits per heavy atom. The van der Waals surface area contributed by atoms with Crippen molar-refractivity contribution in [2.24, 2.45) is 5.11 Å². The van der Waals surface area contributed by atoms with E-state index in [0.717, 1.165) is 5.56 Å². The molecule has 5 nitrogen and oxygen atoms in total. The molecule has 0 amide bonds. The third-order valence-electron chi connectivity index (χ3n) is 2.00. The number of azide groups is 1. The number of nitrogens with zero attached hydrogens (tertiary/aromatic N) is 3. The molecule has 16 heavy (non-hydrogen) atoms. The van der Waals surface area contributed by atoms with E-state index in [9.17, 15) is 4.79 Å². The molecular weight excluding hydrogens is 230 g/mol. The monoisotopic (exact) mass is 239 g/mol. The molecule has 0 aliphatic heterocycles. The molecule has 84 valence electrons. The Labute approximate surface area is 97.6 Å². The SMILES string of the molecule is COC(=O)c1ccc(CCN=[N+]=[N-])cc1Cl. The van der Waals surface area contributed by atoms with E-state index in [1.807, 2.05) is 0 Å². The van der Waals surface area contributed by atoms with E-state index in [2.05, 4.69) is 14.8 Å². The molecule has 1 aromatic carbocycles. The lowest BCUT2D eigenvalue weighted by molar-refractivity contribution is 0.0601. The zero-order valence-electron chi connectivity index (χ0n) is 8.68. The average molecular weight is 240 g/mol. The van der Waals surface area contributed by atoms with E-state index >= 15 is 0 Å². The van der Waals surface area contributed by atoms with Crippen molar-refractivity contribution in [3.05, 3.63) is 44.8 Å². The summed E-state index contributed by atoms with van der Waals surface area (Å²) in [6.07, 6.45) is 0.589. The molecule has 1 aromatic rings. The Kier molecular flexibility index (Phi) is 4.64. The molecule has 0 unspecified atom stereocenters. The summed E-state index contributed by atoms with van der Waals surface area (Å²) in [6.45, 7) is 0.365. The smallest absolute Gasteiger partial charge is 0.339 e. The molecule has 6 heteroatoms. The van der Waals surface area contributed by atoms with E-state index in [1.165, 1.54) is 7.11 Å². The first-order valence-corrected chi connectivity index (χ1v) is 4.94. The minimum Gasteiger partial charge on any atom is -0.465 e. The van der Waals surface area contributed by atoms with Crippen molar-refractivity contribution < 1.29 is 9.53 Å². The van der Waals surface area contributed by atoms with Gasteiger partial charge in [0.1, 0.15) is 0 Å². The minimum atomic E-state index is -0.466. The van der Waals surface area contributed by atoms with Gasteiger partial charge in [-0.3, -0.25) is 0 Å². The highest BCUT2D eigenvalue weighted by atomic mass is 35.5. The van der Waals surface area contributed by atoms with Crippen molar-refractivity contribution in [3.63, 3.8) is 0 Å². The zero-order chi connectivity index (χ0) is 12.0. The molecule has 0 heterocycles. The lowest BCUT2D eigenvalue weighted by Gasteiger charge is -2.04. The van der Waals surface area contributed by atoms with Gasteiger partial charge in [-0.05, 0) is 29.6 Å². The van der Waals surface area contributed by atoms with E-state index in [-0.39, 0.29) is 0 Å². The molecule has 0 aliphatic rings. The van der Waals surface area contributed by atoms with Crippen molar-refractivity contribution in [1.29, 1.82) is 0 Å². The number of halogens is 1. The molecule has 0 atom stereocenters. The Morgan fingerprint density at radius 1 is 1.62 bits per heavy atom. The molecule has 0 spiro atoms. The van der Waals surface area contributed by atoms with E-state index in [4.69, 9.17) is 17.1 Å². The van der Waals surface area contributed by atoms with Crippen LogP contribution in [0.15, 0.2) is 23.3 Å². The number of carbonyl (C=O) groups is 1. The first kappa shape index (κ1) is 12.4. The van der Waals surface area contributed by atoms with Crippen molar-refractivity contribution in [2.75, 3.05) is 13.7 Å². The predicted molar refractivity (Wildman–Crippen MR) is 60.5 cm³/mol. The van der Waals surface area contributed by atoms with Gasteiger partial charge in [0.2, 0.25) is 0 Å². The highest BCUT2D eigenvalue weighted by Crippen LogP contribution is 2.19. The average Bonchev–Trinajstić information content (AvgIpc) is 2.29. The maximum Gasteiger partial charge on any atom is 0.339 e. The molecular formula is C10H10ClN3O2. The van der Waals surface area contributed by atoms with E-state index in [0.29, 0.717) is 23.6 Å². The van der Waals surface area contributed by atoms with Gasteiger partial charge in [-0.1, -0.05) is 22.8 Å². The van der Waals surface area contributed by atoms with Crippen molar-refractivity contribution in [1.82, 2.24) is 0 Å². The van der Waals surface area contributed by atoms with Crippen LogP contribution in [0.2, 0.25) is 5.02 Å². The number of hydrogen-bond donors (Lipinski definition) is 0. The quantitative estimate of drug-likeness (QED) is 0.351. The molecule has 1 rings (SSSR count). The fraction of sp³-hybridized carbons (Fsp3) is 0.300. The lowest BCUT2D eigenvalue weighted by Crippen LogP contribution is -2.02. The standard InChI is InChI=1S/C10H10ClN3O2/c1-16-10(15)8-3-2-7(6-9(8)11)4-5-13-14-12/h2-3,6H,4-5H2,1H3. The first-order valence-electron chi connectivity index (χ1n) is 4.56. The second-order valence-electron chi connectivity index (χ2n) is 3.01. The van der Waals surface area contributed by atoms with Crippen LogP contribution in [-0.4, -0.2) is 19.6 Å². The highest BCUT2D eigenvalue weighted by molar-refractivity contribution is 6.33. The molecule has 0 bridgehead atoms. The third kappa shape index (κ3) is 3.15. The van der Waals surface area contributed by atoms with Crippen LogP contribution in [0.4, 0.5) is 0 Å². The summed E-state index contributed by atoms with van der Waals surface area (Å²) in [5, 5.41) is 3.75. The maximum atomic E-state index is 11.2. The van der Waals surface area contributed by atoms with Gasteiger partial charge in [0.05, 0.1) is 17.7 Å². The largest absolute Gasteiger partial charge is 0.465 e. The topological polar surface area (TPSA) is 75.1 Å². The van der Waals surface area contributed by atoms with Gasteiger partial charge in [0.15, 0.2) is 0 Å². The Balaban J connectivity index is 2.82. The molecule has 0 radical (unpaired) electrons. The summed E-state index contributed by atoms with van der Waals surface area (Å²) in [5.41, 5.74) is 9.36. The van der Waals surface area contributed by atoms with Crippen LogP contribution in [0.1, 0.15) is 15.9 Å². The zero-order valence-corrected chi connectivity index (χ0v) is 9.44. The fourth-order valence-corrected chi connectivity index (χ4v) is 1.49. The minimum absolute atomic E-state index is 0.330. The number of benzene rings is 1. The second kappa shape index (κ2) is 6.00. The molecule has 0 aliphatic carbocycles. The first-order chi connectivity index (χ1) is 7.69. The van der Waals surface area contributed by atoms with Crippen LogP contribution < -0.4 is 0 Å². The van der Waals surface area contributed by atoms with Gasteiger partial charge in [-0.2, -0.15) is 0 Å². The summed E-state index contributed by atoms with van der Waals surface area (Å²) < 4.78 is 4.57. The number of rotatable bonds is 4. The van der Waals surface area contributed by atoms with Crippen LogP contribution in [0.5, 0.6) is 0 Å². The van der Waals surface area contributed by atoms with Crippen LogP contribution in [0, 0.1) is 0 Å². The molecule has 0 saturated heterocycles. The van der Waals surface area contributed by atoms with Gasteiger partial charge in [-0.25, -0.2) is 4.79 Å². The molecule has 0 aromatic heterocycles. The predicted octanol–water partition coefficient (Wildman–Crippen LogP) is 2.98. The second-order valence-corrected chi connectivity index (χ2v) is 3.42. The number of methoxy groups -OCH3 is 1. The van der Waals surface area contributed by atoms with E-state index < -0.39 is 5.97 Å². The van der Waals surface area contributed by atoms with Crippen LogP contribution in [-0.2, 0) is 11.2 Å². The Bertz CT molecular complexity index is 442. The number of ether oxygens (including phenoxy) is 1. The highest BCUT2D eigenvalue weighted by Gasteiger charge is 2.10. The van der Waals surface area contributed by atoms with Gasteiger partial charge in [0, 0.05) is 11.5 Å². The number of hydrogen-bond acceptors (Lipinski definition) is 3. The summed E-state index contributed by atoms with van der Waals surface area (Å²) in [6, 6.07) is 5.02. The lowest BCUT2D eigenvalue weighted by atomic mass is 10.1. The van der Waals surface area contributed by atoms with Crippen LogP contribution >= 0.6 is 11.6 Å². The fourth-order valence-electron chi connectivity index (χ4n) is 1.21. The van der Waals surface area contributed by atoms with Crippen molar-refractivity contribution in [2.45, 2.75) is 6.42 Å². The summed E-state index contributed by atoms with van der Waals surface area (Å²) >= 11 is 5.91. The van der Waals surface area contributed by atoms with Gasteiger partial charge in [0.25, 0.3) is 0 Å². The van der Waals surface area contributed by atoms with Gasteiger partial charge >= 0.3 is 5.97 Å². The molecule has 0 saturated carbocycles. The molecule has 0 fully saturated rings. The van der Waals surface area contributed by atoms with Crippen molar-refractivity contribution in [3.8, 4) is 0 Å². The third-order valence-corrected chi connectivity index (χ3v) is 2.32. The van der Waals surface area contributed by atoms with E-state index in [1.54, 1.807) is 18.2 Å². The number of esters is 1. The Morgan fingerprint density at radius 2 is 2.38 bits per heavy atom. The van der Waals surface area contributed by atoms with Gasteiger partial charge in [-0.15, -0.1) is 0 Å².